The van der Waals surface area contributed by atoms with Gasteiger partial charge >= 0.3 is 5.97 Å². The van der Waals surface area contributed by atoms with Crippen molar-refractivity contribution in [1.82, 2.24) is 10.6 Å². The van der Waals surface area contributed by atoms with Crippen LogP contribution >= 0.6 is 0 Å². The fourth-order valence-corrected chi connectivity index (χ4v) is 10.2. The number of nitrogens with zero attached hydrogens (tertiary/aromatic N) is 1. The van der Waals surface area contributed by atoms with Gasteiger partial charge in [0.15, 0.2) is 6.61 Å². The summed E-state index contributed by atoms with van der Waals surface area (Å²) >= 11 is 0. The zero-order valence-corrected chi connectivity index (χ0v) is 29.8. The van der Waals surface area contributed by atoms with E-state index in [-0.39, 0.29) is 35.7 Å². The van der Waals surface area contributed by atoms with Gasteiger partial charge in [-0.05, 0) is 119 Å². The molecule has 4 aliphatic carbocycles. The lowest BCUT2D eigenvalue weighted by atomic mass is 9.46. The Morgan fingerprint density at radius 3 is 2.46 bits per heavy atom. The highest BCUT2D eigenvalue weighted by Gasteiger charge is 2.63. The lowest BCUT2D eigenvalue weighted by Gasteiger charge is -2.58. The number of hydrogen-bond acceptors (Lipinski definition) is 7. The molecule has 1 saturated heterocycles. The molecule has 4 N–H and O–H groups in total. The van der Waals surface area contributed by atoms with E-state index in [0.29, 0.717) is 43.6 Å². The molecule has 10 heteroatoms. The van der Waals surface area contributed by atoms with E-state index in [0.717, 1.165) is 50.7 Å². The van der Waals surface area contributed by atoms with Gasteiger partial charge < -0.3 is 30.4 Å². The van der Waals surface area contributed by atoms with Crippen LogP contribution in [-0.2, 0) is 24.0 Å². The first-order chi connectivity index (χ1) is 22.5. The Kier molecular flexibility index (Phi) is 10.4. The van der Waals surface area contributed by atoms with E-state index in [2.05, 4.69) is 41.6 Å². The maximum absolute atomic E-state index is 13.4. The molecule has 0 spiro atoms. The van der Waals surface area contributed by atoms with Crippen LogP contribution in [0.25, 0.3) is 0 Å². The molecule has 10 nitrogen and oxygen atoms in total. The monoisotopic (exact) mass is 667 g/mol. The average molecular weight is 668 g/mol. The number of oxime groups is 1. The van der Waals surface area contributed by atoms with Crippen LogP contribution in [0.3, 0.4) is 0 Å². The topological polar surface area (TPSA) is 147 Å². The van der Waals surface area contributed by atoms with E-state index in [1.807, 2.05) is 27.7 Å². The number of ether oxygens (including phenoxy) is 1. The first-order valence-electron chi connectivity index (χ1n) is 18.1. The SMILES string of the molecule is C#C[C@@]1(O)CCC2C3CCC4=C/C(=N\OCC(=O)NC(C(=O)NC(CC(=O)O)C5CCOC(C)(C)C5)C(C)C)CC[C@]4(C)C3CC[C@@]21C. The van der Waals surface area contributed by atoms with Crippen molar-refractivity contribution in [2.45, 2.75) is 135 Å². The number of amides is 2. The van der Waals surface area contributed by atoms with E-state index in [4.69, 9.17) is 16.0 Å². The van der Waals surface area contributed by atoms with Gasteiger partial charge in [-0.15, -0.1) is 6.42 Å². The molecule has 0 aromatic rings. The normalized spacial score (nSPS) is 37.6. The molecule has 5 aliphatic rings. The van der Waals surface area contributed by atoms with Crippen LogP contribution in [0.4, 0.5) is 0 Å². The molecule has 0 radical (unpaired) electrons. The molecule has 1 aliphatic heterocycles. The quantitative estimate of drug-likeness (QED) is 0.190. The number of hydrogen-bond donors (Lipinski definition) is 4. The number of terminal acetylenes is 1. The maximum Gasteiger partial charge on any atom is 0.305 e. The molecular formula is C38H57N3O7. The predicted octanol–water partition coefficient (Wildman–Crippen LogP) is 4.99. The zero-order chi connectivity index (χ0) is 35.1. The maximum atomic E-state index is 13.4. The Labute approximate surface area is 286 Å². The smallest absolute Gasteiger partial charge is 0.305 e. The molecule has 0 aromatic carbocycles. The number of allylic oxidation sites excluding steroid dienone is 2. The molecule has 9 atom stereocenters. The van der Waals surface area contributed by atoms with Crippen LogP contribution in [0.2, 0.25) is 0 Å². The van der Waals surface area contributed by atoms with E-state index in [1.54, 1.807) is 0 Å². The number of rotatable bonds is 10. The van der Waals surface area contributed by atoms with E-state index < -0.39 is 41.1 Å². The van der Waals surface area contributed by atoms with Crippen LogP contribution in [-0.4, -0.2) is 70.2 Å². The third-order valence-electron chi connectivity index (χ3n) is 13.0. The average Bonchev–Trinajstić information content (AvgIpc) is 3.29. The first kappa shape index (κ1) is 36.4. The molecule has 2 amide bonds. The van der Waals surface area contributed by atoms with Crippen LogP contribution in [0.1, 0.15) is 112 Å². The number of aliphatic carboxylic acids is 1. The van der Waals surface area contributed by atoms with Gasteiger partial charge in [0.05, 0.1) is 17.7 Å². The molecule has 1 heterocycles. The molecule has 5 rings (SSSR count). The molecular weight excluding hydrogens is 610 g/mol. The standard InChI is InChI=1S/C38H57N3O7/c1-8-38(46)17-13-29-27-10-9-25-19-26(11-15-36(25,6)28(27)12-16-37(29,38)7)41-48-22-31(42)40-33(23(2)3)34(45)39-30(20-32(43)44)24-14-18-47-35(4,5)21-24/h1,19,23-24,27-30,33,46H,9-18,20-22H2,2-7H3,(H,39,45)(H,40,42)(H,43,44)/b41-26-/t24?,27?,28?,29?,30?,33?,36-,37-,38+/m0/s1. The van der Waals surface area contributed by atoms with Crippen molar-refractivity contribution in [3.63, 3.8) is 0 Å². The number of fused-ring (bicyclic) bond motifs is 5. The minimum atomic E-state index is -1.00. The third kappa shape index (κ3) is 7.05. The summed E-state index contributed by atoms with van der Waals surface area (Å²) in [5.74, 6) is 2.19. The molecule has 48 heavy (non-hydrogen) atoms. The van der Waals surface area contributed by atoms with Crippen molar-refractivity contribution < 1.29 is 34.2 Å². The lowest BCUT2D eigenvalue weighted by Crippen LogP contribution is -2.55. The molecule has 0 aromatic heterocycles. The summed E-state index contributed by atoms with van der Waals surface area (Å²) in [7, 11) is 0. The minimum absolute atomic E-state index is 0.0486. The van der Waals surface area contributed by atoms with Crippen molar-refractivity contribution >= 4 is 23.5 Å². The van der Waals surface area contributed by atoms with Crippen LogP contribution in [0.5, 0.6) is 0 Å². The summed E-state index contributed by atoms with van der Waals surface area (Å²) in [6.45, 7) is 12.4. The highest BCUT2D eigenvalue weighted by molar-refractivity contribution is 5.96. The van der Waals surface area contributed by atoms with Crippen LogP contribution in [0, 0.1) is 52.8 Å². The molecule has 266 valence electrons. The second-order valence-corrected chi connectivity index (χ2v) is 16.7. The van der Waals surface area contributed by atoms with Gasteiger partial charge in [-0.25, -0.2) is 0 Å². The summed E-state index contributed by atoms with van der Waals surface area (Å²) < 4.78 is 5.80. The second-order valence-electron chi connectivity index (χ2n) is 16.7. The van der Waals surface area contributed by atoms with E-state index in [9.17, 15) is 24.6 Å². The van der Waals surface area contributed by atoms with Crippen molar-refractivity contribution in [3.05, 3.63) is 11.6 Å². The van der Waals surface area contributed by atoms with Gasteiger partial charge in [-0.3, -0.25) is 14.4 Å². The highest BCUT2D eigenvalue weighted by Crippen LogP contribution is 2.67. The number of carbonyl (C=O) groups excluding carboxylic acids is 2. The van der Waals surface area contributed by atoms with E-state index in [1.165, 1.54) is 5.57 Å². The van der Waals surface area contributed by atoms with Crippen molar-refractivity contribution in [2.24, 2.45) is 45.6 Å². The number of nitrogens with one attached hydrogen (secondary N) is 2. The van der Waals surface area contributed by atoms with Crippen LogP contribution < -0.4 is 10.6 Å². The van der Waals surface area contributed by atoms with Crippen molar-refractivity contribution in [1.29, 1.82) is 0 Å². The Balaban J connectivity index is 1.17. The summed E-state index contributed by atoms with van der Waals surface area (Å²) in [5, 5.41) is 30.9. The summed E-state index contributed by atoms with van der Waals surface area (Å²) in [6.07, 6.45) is 16.6. The van der Waals surface area contributed by atoms with Gasteiger partial charge in [0.25, 0.3) is 5.91 Å². The number of carboxylic acids is 1. The second kappa shape index (κ2) is 13.8. The fourth-order valence-electron chi connectivity index (χ4n) is 10.2. The number of carbonyl (C=O) groups is 3. The largest absolute Gasteiger partial charge is 0.481 e. The molecule has 0 bridgehead atoms. The predicted molar refractivity (Wildman–Crippen MR) is 183 cm³/mol. The summed E-state index contributed by atoms with van der Waals surface area (Å²) in [5.41, 5.74) is 0.689. The van der Waals surface area contributed by atoms with Crippen molar-refractivity contribution in [3.8, 4) is 12.3 Å². The zero-order valence-electron chi connectivity index (χ0n) is 29.8. The van der Waals surface area contributed by atoms with E-state index >= 15 is 0 Å². The fraction of sp³-hybridized carbons (Fsp3) is 0.789. The van der Waals surface area contributed by atoms with Gasteiger partial charge in [-0.2, -0.15) is 0 Å². The first-order valence-corrected chi connectivity index (χ1v) is 18.1. The number of carboxylic acid groups (broad SMARTS) is 1. The lowest BCUT2D eigenvalue weighted by molar-refractivity contribution is -0.140. The van der Waals surface area contributed by atoms with Gasteiger partial charge in [0, 0.05) is 18.1 Å². The minimum Gasteiger partial charge on any atom is -0.481 e. The molecule has 6 unspecified atom stereocenters. The number of aliphatic hydroxyl groups is 1. The van der Waals surface area contributed by atoms with Gasteiger partial charge in [0.2, 0.25) is 5.91 Å². The summed E-state index contributed by atoms with van der Waals surface area (Å²) in [4.78, 5) is 43.5. The van der Waals surface area contributed by atoms with Gasteiger partial charge in [-0.1, -0.05) is 44.3 Å². The third-order valence-corrected chi connectivity index (χ3v) is 13.0. The van der Waals surface area contributed by atoms with Crippen molar-refractivity contribution in [2.75, 3.05) is 13.2 Å². The Bertz CT molecular complexity index is 1370. The Hall–Kier alpha value is -2.90. The van der Waals surface area contributed by atoms with Gasteiger partial charge in [0.1, 0.15) is 11.6 Å². The summed E-state index contributed by atoms with van der Waals surface area (Å²) in [6, 6.07) is -1.42. The van der Waals surface area contributed by atoms with Crippen LogP contribution in [0.15, 0.2) is 16.8 Å². The Morgan fingerprint density at radius 1 is 1.06 bits per heavy atom. The Morgan fingerprint density at radius 2 is 1.79 bits per heavy atom. The molecule has 3 saturated carbocycles. The molecule has 4 fully saturated rings. The highest BCUT2D eigenvalue weighted by atomic mass is 16.6.